The van der Waals surface area contributed by atoms with E-state index in [0.29, 0.717) is 23.2 Å². The van der Waals surface area contributed by atoms with Gasteiger partial charge in [-0.3, -0.25) is 0 Å². The second kappa shape index (κ2) is 5.81. The Labute approximate surface area is 124 Å². The summed E-state index contributed by atoms with van der Waals surface area (Å²) in [6.07, 6.45) is 1.65. The van der Waals surface area contributed by atoms with E-state index in [1.54, 1.807) is 12.3 Å². The van der Waals surface area contributed by atoms with Crippen molar-refractivity contribution in [2.45, 2.75) is 32.7 Å². The number of ether oxygens (including phenoxy) is 1. The van der Waals surface area contributed by atoms with Crippen molar-refractivity contribution in [2.24, 2.45) is 5.73 Å². The third-order valence-electron chi connectivity index (χ3n) is 3.09. The minimum atomic E-state index is 0.119. The summed E-state index contributed by atoms with van der Waals surface area (Å²) >= 11 is 6.20. The maximum atomic E-state index is 6.20. The smallest absolute Gasteiger partial charge is 0.238 e. The number of benzene rings is 1. The molecule has 20 heavy (non-hydrogen) atoms. The molecule has 0 fully saturated rings. The SMILES string of the molecule is CC(C)(C)c1ccc(Oc2nccc(CN)c2Cl)cc1. The van der Waals surface area contributed by atoms with Crippen molar-refractivity contribution in [1.29, 1.82) is 0 Å². The first-order valence-electron chi connectivity index (χ1n) is 6.53. The van der Waals surface area contributed by atoms with Gasteiger partial charge in [-0.15, -0.1) is 0 Å². The van der Waals surface area contributed by atoms with Gasteiger partial charge in [0, 0.05) is 12.7 Å². The Morgan fingerprint density at radius 1 is 1.15 bits per heavy atom. The van der Waals surface area contributed by atoms with E-state index in [9.17, 15) is 0 Å². The largest absolute Gasteiger partial charge is 0.438 e. The van der Waals surface area contributed by atoms with Gasteiger partial charge in [0.05, 0.1) is 0 Å². The molecular formula is C16H19ClN2O. The maximum absolute atomic E-state index is 6.20. The Balaban J connectivity index is 2.23. The monoisotopic (exact) mass is 290 g/mol. The van der Waals surface area contributed by atoms with Crippen molar-refractivity contribution in [3.05, 3.63) is 52.7 Å². The lowest BCUT2D eigenvalue weighted by molar-refractivity contribution is 0.461. The molecule has 106 valence electrons. The Hall–Kier alpha value is -1.58. The van der Waals surface area contributed by atoms with E-state index < -0.39 is 0 Å². The number of nitrogens with zero attached hydrogens (tertiary/aromatic N) is 1. The molecule has 0 atom stereocenters. The zero-order valence-corrected chi connectivity index (χ0v) is 12.7. The first-order chi connectivity index (χ1) is 9.41. The van der Waals surface area contributed by atoms with Crippen LogP contribution in [0.15, 0.2) is 36.5 Å². The van der Waals surface area contributed by atoms with Gasteiger partial charge < -0.3 is 10.5 Å². The molecule has 0 saturated carbocycles. The Kier molecular flexibility index (Phi) is 4.31. The summed E-state index contributed by atoms with van der Waals surface area (Å²) in [5.74, 6) is 1.10. The lowest BCUT2D eigenvalue weighted by Crippen LogP contribution is -2.10. The molecule has 0 saturated heterocycles. The summed E-state index contributed by atoms with van der Waals surface area (Å²) in [7, 11) is 0. The van der Waals surface area contributed by atoms with Crippen LogP contribution in [0.4, 0.5) is 0 Å². The van der Waals surface area contributed by atoms with E-state index in [-0.39, 0.29) is 5.41 Å². The molecule has 0 aliphatic carbocycles. The zero-order valence-electron chi connectivity index (χ0n) is 12.0. The van der Waals surface area contributed by atoms with Crippen molar-refractivity contribution in [3.8, 4) is 11.6 Å². The fourth-order valence-electron chi connectivity index (χ4n) is 1.83. The number of hydrogen-bond acceptors (Lipinski definition) is 3. The van der Waals surface area contributed by atoms with Crippen LogP contribution in [0.2, 0.25) is 5.02 Å². The van der Waals surface area contributed by atoms with Crippen LogP contribution in [0.3, 0.4) is 0 Å². The van der Waals surface area contributed by atoms with Crippen LogP contribution < -0.4 is 10.5 Å². The molecule has 4 heteroatoms. The van der Waals surface area contributed by atoms with Crippen LogP contribution in [0.25, 0.3) is 0 Å². The van der Waals surface area contributed by atoms with Gasteiger partial charge in [0.15, 0.2) is 0 Å². The van der Waals surface area contributed by atoms with E-state index in [1.165, 1.54) is 5.56 Å². The highest BCUT2D eigenvalue weighted by atomic mass is 35.5. The topological polar surface area (TPSA) is 48.1 Å². The highest BCUT2D eigenvalue weighted by Crippen LogP contribution is 2.31. The molecule has 0 radical (unpaired) electrons. The summed E-state index contributed by atoms with van der Waals surface area (Å²) < 4.78 is 5.72. The molecule has 0 amide bonds. The Bertz CT molecular complexity index is 588. The van der Waals surface area contributed by atoms with Crippen molar-refractivity contribution in [1.82, 2.24) is 4.98 Å². The van der Waals surface area contributed by atoms with Crippen LogP contribution >= 0.6 is 11.6 Å². The van der Waals surface area contributed by atoms with E-state index in [0.717, 1.165) is 5.56 Å². The van der Waals surface area contributed by atoms with Gasteiger partial charge in [-0.05, 0) is 34.7 Å². The molecule has 1 aromatic heterocycles. The number of nitrogens with two attached hydrogens (primary N) is 1. The van der Waals surface area contributed by atoms with Gasteiger partial charge in [-0.25, -0.2) is 4.98 Å². The van der Waals surface area contributed by atoms with Crippen molar-refractivity contribution < 1.29 is 4.74 Å². The molecule has 1 heterocycles. The second-order valence-corrected chi connectivity index (χ2v) is 6.05. The first kappa shape index (κ1) is 14.8. The van der Waals surface area contributed by atoms with Crippen molar-refractivity contribution in [2.75, 3.05) is 0 Å². The average Bonchev–Trinajstić information content (AvgIpc) is 2.41. The second-order valence-electron chi connectivity index (χ2n) is 5.67. The van der Waals surface area contributed by atoms with E-state index in [2.05, 4.69) is 37.9 Å². The summed E-state index contributed by atoms with van der Waals surface area (Å²) in [5, 5.41) is 0.467. The molecule has 2 aromatic rings. The summed E-state index contributed by atoms with van der Waals surface area (Å²) in [6, 6.07) is 9.74. The van der Waals surface area contributed by atoms with E-state index >= 15 is 0 Å². The molecule has 2 rings (SSSR count). The highest BCUT2D eigenvalue weighted by Gasteiger charge is 2.14. The van der Waals surface area contributed by atoms with E-state index in [1.807, 2.05) is 12.1 Å². The van der Waals surface area contributed by atoms with Gasteiger partial charge >= 0.3 is 0 Å². The molecular weight excluding hydrogens is 272 g/mol. The Morgan fingerprint density at radius 2 is 1.80 bits per heavy atom. The first-order valence-corrected chi connectivity index (χ1v) is 6.91. The maximum Gasteiger partial charge on any atom is 0.238 e. The van der Waals surface area contributed by atoms with E-state index in [4.69, 9.17) is 22.1 Å². The molecule has 0 spiro atoms. The summed E-state index contributed by atoms with van der Waals surface area (Å²) in [4.78, 5) is 4.14. The van der Waals surface area contributed by atoms with Crippen LogP contribution in [-0.4, -0.2) is 4.98 Å². The average molecular weight is 291 g/mol. The number of aromatic nitrogens is 1. The zero-order chi connectivity index (χ0) is 14.8. The number of pyridine rings is 1. The third kappa shape index (κ3) is 3.30. The van der Waals surface area contributed by atoms with Crippen LogP contribution in [-0.2, 0) is 12.0 Å². The number of halogens is 1. The van der Waals surface area contributed by atoms with Crippen LogP contribution in [0.5, 0.6) is 11.6 Å². The molecule has 0 aliphatic rings. The third-order valence-corrected chi connectivity index (χ3v) is 3.50. The lowest BCUT2D eigenvalue weighted by atomic mass is 9.87. The molecule has 3 nitrogen and oxygen atoms in total. The Morgan fingerprint density at radius 3 is 2.35 bits per heavy atom. The summed E-state index contributed by atoms with van der Waals surface area (Å²) in [6.45, 7) is 6.88. The molecule has 1 aromatic carbocycles. The fraction of sp³-hybridized carbons (Fsp3) is 0.312. The standard InChI is InChI=1S/C16H19ClN2O/c1-16(2,3)12-4-6-13(7-5-12)20-15-14(17)11(10-18)8-9-19-15/h4-9H,10,18H2,1-3H3. The fourth-order valence-corrected chi connectivity index (χ4v) is 2.05. The van der Waals surface area contributed by atoms with Crippen molar-refractivity contribution in [3.63, 3.8) is 0 Å². The van der Waals surface area contributed by atoms with Gasteiger partial charge in [-0.1, -0.05) is 44.5 Å². The molecule has 0 bridgehead atoms. The molecule has 2 N–H and O–H groups in total. The van der Waals surface area contributed by atoms with Gasteiger partial charge in [0.1, 0.15) is 10.8 Å². The van der Waals surface area contributed by atoms with Gasteiger partial charge in [0.2, 0.25) is 5.88 Å². The van der Waals surface area contributed by atoms with Gasteiger partial charge in [-0.2, -0.15) is 0 Å². The molecule has 0 aliphatic heterocycles. The van der Waals surface area contributed by atoms with Crippen LogP contribution in [0, 0.1) is 0 Å². The lowest BCUT2D eigenvalue weighted by Gasteiger charge is -2.19. The summed E-state index contributed by atoms with van der Waals surface area (Å²) in [5.41, 5.74) is 7.80. The predicted molar refractivity (Wildman–Crippen MR) is 82.4 cm³/mol. The molecule has 0 unspecified atom stereocenters. The highest BCUT2D eigenvalue weighted by molar-refractivity contribution is 6.32. The number of rotatable bonds is 3. The van der Waals surface area contributed by atoms with Gasteiger partial charge in [0.25, 0.3) is 0 Å². The minimum absolute atomic E-state index is 0.119. The predicted octanol–water partition coefficient (Wildman–Crippen LogP) is 4.28. The normalized spacial score (nSPS) is 11.4. The van der Waals surface area contributed by atoms with Crippen molar-refractivity contribution >= 4 is 11.6 Å². The van der Waals surface area contributed by atoms with Crippen LogP contribution in [0.1, 0.15) is 31.9 Å². The quantitative estimate of drug-likeness (QED) is 0.917. The number of hydrogen-bond donors (Lipinski definition) is 1. The minimum Gasteiger partial charge on any atom is -0.438 e.